The van der Waals surface area contributed by atoms with E-state index in [-0.39, 0.29) is 4.90 Å². The summed E-state index contributed by atoms with van der Waals surface area (Å²) in [5, 5.41) is 0. The maximum absolute atomic E-state index is 12.0. The molecule has 0 spiro atoms. The highest BCUT2D eigenvalue weighted by Gasteiger charge is 2.31. The smallest absolute Gasteiger partial charge is 0.406 e. The van der Waals surface area contributed by atoms with Gasteiger partial charge in [0, 0.05) is 5.92 Å². The number of carbonyl (C=O) groups is 1. The molecule has 10 heteroatoms. The molecule has 0 atom stereocenters. The third kappa shape index (κ3) is 5.60. The van der Waals surface area contributed by atoms with Gasteiger partial charge in [-0.1, -0.05) is 13.8 Å². The first-order valence-corrected chi connectivity index (χ1v) is 7.17. The number of benzene rings is 1. The summed E-state index contributed by atoms with van der Waals surface area (Å²) in [6, 6.07) is 3.55. The van der Waals surface area contributed by atoms with Crippen molar-refractivity contribution in [2.75, 3.05) is 0 Å². The highest BCUT2D eigenvalue weighted by molar-refractivity contribution is 7.89. The summed E-state index contributed by atoms with van der Waals surface area (Å²) in [5.74, 6) is -1.53. The van der Waals surface area contributed by atoms with Crippen molar-refractivity contribution < 1.29 is 31.1 Å². The van der Waals surface area contributed by atoms with Crippen LogP contribution in [0.25, 0.3) is 0 Å². The minimum atomic E-state index is -4.86. The average molecular weight is 326 g/mol. The van der Waals surface area contributed by atoms with Crippen LogP contribution in [-0.4, -0.2) is 20.7 Å². The number of rotatable bonds is 5. The minimum absolute atomic E-state index is 0.318. The molecular weight excluding hydrogens is 313 g/mol. The van der Waals surface area contributed by atoms with Crippen LogP contribution >= 0.6 is 0 Å². The molecule has 118 valence electrons. The van der Waals surface area contributed by atoms with Gasteiger partial charge in [0.2, 0.25) is 5.91 Å². The van der Waals surface area contributed by atoms with Crippen LogP contribution in [0.2, 0.25) is 0 Å². The zero-order valence-corrected chi connectivity index (χ0v) is 11.9. The fraction of sp³-hybridized carbons (Fsp3) is 0.364. The van der Waals surface area contributed by atoms with Crippen LogP contribution in [0.5, 0.6) is 5.75 Å². The van der Waals surface area contributed by atoms with Crippen LogP contribution in [0.1, 0.15) is 13.8 Å². The number of ether oxygens (including phenoxy) is 1. The summed E-state index contributed by atoms with van der Waals surface area (Å²) < 4.78 is 63.0. The van der Waals surface area contributed by atoms with E-state index >= 15 is 0 Å². The van der Waals surface area contributed by atoms with E-state index in [0.717, 1.165) is 24.3 Å². The van der Waals surface area contributed by atoms with Crippen LogP contribution in [-0.2, 0) is 14.8 Å². The van der Waals surface area contributed by atoms with E-state index in [4.69, 9.17) is 0 Å². The molecule has 0 aliphatic carbocycles. The molecule has 2 N–H and O–H groups in total. The molecule has 6 nitrogen and oxygen atoms in total. The number of nitrogens with one attached hydrogen (secondary N) is 2. The number of alkyl halides is 3. The first-order chi connectivity index (χ1) is 9.51. The summed E-state index contributed by atoms with van der Waals surface area (Å²) in [6.45, 7) is 3.12. The van der Waals surface area contributed by atoms with Crippen LogP contribution in [0, 0.1) is 5.92 Å². The molecule has 1 amide bonds. The van der Waals surface area contributed by atoms with Crippen molar-refractivity contribution in [1.82, 2.24) is 10.3 Å². The second-order valence-corrected chi connectivity index (χ2v) is 5.95. The van der Waals surface area contributed by atoms with Crippen LogP contribution < -0.4 is 15.0 Å². The van der Waals surface area contributed by atoms with E-state index in [1.807, 2.05) is 10.3 Å². The van der Waals surface area contributed by atoms with Crippen molar-refractivity contribution >= 4 is 15.9 Å². The van der Waals surface area contributed by atoms with Crippen LogP contribution in [0.4, 0.5) is 13.2 Å². The Morgan fingerprint density at radius 1 is 1.19 bits per heavy atom. The van der Waals surface area contributed by atoms with E-state index in [1.165, 1.54) is 0 Å². The summed E-state index contributed by atoms with van der Waals surface area (Å²) in [5.41, 5.74) is 1.99. The number of amides is 1. The molecule has 21 heavy (non-hydrogen) atoms. The Labute approximate surface area is 119 Å². The number of halogens is 3. The van der Waals surface area contributed by atoms with Crippen LogP contribution in [0.3, 0.4) is 0 Å². The quantitative estimate of drug-likeness (QED) is 0.804. The van der Waals surface area contributed by atoms with Gasteiger partial charge < -0.3 is 4.74 Å². The molecule has 0 aliphatic heterocycles. The molecule has 0 aliphatic rings. The lowest BCUT2D eigenvalue weighted by Crippen LogP contribution is -2.43. The van der Waals surface area contributed by atoms with E-state index in [1.54, 1.807) is 13.8 Å². The fourth-order valence-corrected chi connectivity index (χ4v) is 1.99. The fourth-order valence-electron chi connectivity index (χ4n) is 1.14. The molecule has 0 aromatic heterocycles. The van der Waals surface area contributed by atoms with Crippen molar-refractivity contribution in [2.45, 2.75) is 25.1 Å². The number of sulfonamides is 1. The van der Waals surface area contributed by atoms with E-state index < -0.39 is 34.0 Å². The SMILES string of the molecule is CC(C)C(=O)NNS(=O)(=O)c1ccc(OC(F)(F)F)cc1. The number of hydrazine groups is 1. The summed E-state index contributed by atoms with van der Waals surface area (Å²) in [4.78, 5) is 12.8. The second kappa shape index (κ2) is 6.31. The Morgan fingerprint density at radius 3 is 2.14 bits per heavy atom. The second-order valence-electron chi connectivity index (χ2n) is 4.27. The Morgan fingerprint density at radius 2 is 1.71 bits per heavy atom. The van der Waals surface area contributed by atoms with Gasteiger partial charge in [0.05, 0.1) is 4.90 Å². The third-order valence-electron chi connectivity index (χ3n) is 2.20. The highest BCUT2D eigenvalue weighted by atomic mass is 32.2. The number of hydrogen-bond donors (Lipinski definition) is 2. The molecule has 1 aromatic rings. The molecule has 0 saturated carbocycles. The zero-order valence-electron chi connectivity index (χ0n) is 11.1. The van der Waals surface area contributed by atoms with E-state index in [9.17, 15) is 26.4 Å². The van der Waals surface area contributed by atoms with Gasteiger partial charge in [-0.3, -0.25) is 10.2 Å². The maximum atomic E-state index is 12.0. The molecule has 0 unspecified atom stereocenters. The lowest BCUT2D eigenvalue weighted by atomic mass is 10.2. The van der Waals surface area contributed by atoms with E-state index in [2.05, 4.69) is 4.74 Å². The lowest BCUT2D eigenvalue weighted by Gasteiger charge is -2.11. The predicted molar refractivity (Wildman–Crippen MR) is 66.4 cm³/mol. The third-order valence-corrected chi connectivity index (χ3v) is 3.46. The zero-order chi connectivity index (χ0) is 16.3. The number of hydrogen-bond acceptors (Lipinski definition) is 4. The summed E-state index contributed by atoms with van der Waals surface area (Å²) >= 11 is 0. The normalized spacial score (nSPS) is 12.3. The Bertz CT molecular complexity index is 597. The average Bonchev–Trinajstić information content (AvgIpc) is 2.34. The number of carbonyl (C=O) groups excluding carboxylic acids is 1. The van der Waals surface area contributed by atoms with Gasteiger partial charge in [0.1, 0.15) is 5.75 Å². The molecule has 1 rings (SSSR count). The van der Waals surface area contributed by atoms with Gasteiger partial charge in [-0.2, -0.15) is 0 Å². The van der Waals surface area contributed by atoms with Crippen molar-refractivity contribution in [3.05, 3.63) is 24.3 Å². The molecule has 0 radical (unpaired) electrons. The van der Waals surface area contributed by atoms with Gasteiger partial charge in [-0.15, -0.1) is 18.0 Å². The Hall–Kier alpha value is -1.81. The van der Waals surface area contributed by atoms with Gasteiger partial charge in [0.25, 0.3) is 10.0 Å². The molecular formula is C11H13F3N2O4S. The van der Waals surface area contributed by atoms with Crippen molar-refractivity contribution in [3.8, 4) is 5.75 Å². The van der Waals surface area contributed by atoms with Gasteiger partial charge in [-0.05, 0) is 24.3 Å². The van der Waals surface area contributed by atoms with Crippen LogP contribution in [0.15, 0.2) is 29.2 Å². The first-order valence-electron chi connectivity index (χ1n) is 5.69. The molecule has 0 saturated heterocycles. The van der Waals surface area contributed by atoms with Gasteiger partial charge in [0.15, 0.2) is 0 Å². The molecule has 0 heterocycles. The standard InChI is InChI=1S/C11H13F3N2O4S/c1-7(2)10(17)15-16-21(18,19)9-5-3-8(4-6-9)20-11(12,13)14/h3-7,16H,1-2H3,(H,15,17). The molecule has 0 bridgehead atoms. The van der Waals surface area contributed by atoms with Gasteiger partial charge in [-0.25, -0.2) is 8.42 Å². The lowest BCUT2D eigenvalue weighted by molar-refractivity contribution is -0.274. The minimum Gasteiger partial charge on any atom is -0.406 e. The topological polar surface area (TPSA) is 84.5 Å². The van der Waals surface area contributed by atoms with Crippen molar-refractivity contribution in [2.24, 2.45) is 5.92 Å². The molecule has 0 fully saturated rings. The van der Waals surface area contributed by atoms with E-state index in [0.29, 0.717) is 0 Å². The summed E-state index contributed by atoms with van der Waals surface area (Å²) in [6.07, 6.45) is -4.86. The summed E-state index contributed by atoms with van der Waals surface area (Å²) in [7, 11) is -4.07. The Balaban J connectivity index is 2.78. The van der Waals surface area contributed by atoms with Crippen molar-refractivity contribution in [1.29, 1.82) is 0 Å². The van der Waals surface area contributed by atoms with Gasteiger partial charge >= 0.3 is 6.36 Å². The first kappa shape index (κ1) is 17.2. The largest absolute Gasteiger partial charge is 0.573 e. The Kier molecular flexibility index (Phi) is 5.18. The maximum Gasteiger partial charge on any atom is 0.573 e. The molecule has 1 aromatic carbocycles. The highest BCUT2D eigenvalue weighted by Crippen LogP contribution is 2.23. The van der Waals surface area contributed by atoms with Crippen molar-refractivity contribution in [3.63, 3.8) is 0 Å². The monoisotopic (exact) mass is 326 g/mol. The predicted octanol–water partition coefficient (Wildman–Crippen LogP) is 1.55.